The Labute approximate surface area is 88.7 Å². The van der Waals surface area contributed by atoms with Crippen LogP contribution in [0.2, 0.25) is 0 Å². The molecule has 0 saturated heterocycles. The molecule has 0 saturated carbocycles. The molecule has 1 atom stereocenters. The van der Waals surface area contributed by atoms with Gasteiger partial charge in [-0.05, 0) is 19.4 Å². The first-order valence-corrected chi connectivity index (χ1v) is 4.97. The fraction of sp³-hybridized carbons (Fsp3) is 0.455. The first-order chi connectivity index (χ1) is 7.20. The van der Waals surface area contributed by atoms with Crippen LogP contribution in [0.3, 0.4) is 0 Å². The lowest BCUT2D eigenvalue weighted by atomic mass is 10.0. The van der Waals surface area contributed by atoms with Crippen molar-refractivity contribution in [3.63, 3.8) is 0 Å². The van der Waals surface area contributed by atoms with Crippen LogP contribution in [-0.2, 0) is 0 Å². The Morgan fingerprint density at radius 2 is 2.27 bits per heavy atom. The Balaban J connectivity index is 2.92. The minimum absolute atomic E-state index is 0.0142. The van der Waals surface area contributed by atoms with Crippen LogP contribution in [-0.4, -0.2) is 18.4 Å². The van der Waals surface area contributed by atoms with Gasteiger partial charge in [-0.15, -0.1) is 0 Å². The topological polar surface area (TPSA) is 55.5 Å². The van der Waals surface area contributed by atoms with Gasteiger partial charge in [0.05, 0.1) is 13.3 Å². The number of halogens is 1. The van der Waals surface area contributed by atoms with Gasteiger partial charge in [-0.1, -0.05) is 12.1 Å². The van der Waals surface area contributed by atoms with Crippen LogP contribution < -0.4 is 10.5 Å². The predicted octanol–water partition coefficient (Wildman–Crippen LogP) is 2.15. The second kappa shape index (κ2) is 5.56. The van der Waals surface area contributed by atoms with E-state index < -0.39 is 12.7 Å². The van der Waals surface area contributed by atoms with Crippen LogP contribution in [0, 0.1) is 0 Å². The van der Waals surface area contributed by atoms with Gasteiger partial charge in [0.15, 0.2) is 11.5 Å². The molecular formula is C11H16FNO2. The van der Waals surface area contributed by atoms with E-state index in [9.17, 15) is 9.50 Å². The summed E-state index contributed by atoms with van der Waals surface area (Å²) in [4.78, 5) is 0. The molecule has 4 heteroatoms. The molecule has 0 aromatic heterocycles. The van der Waals surface area contributed by atoms with E-state index in [1.165, 1.54) is 0 Å². The summed E-state index contributed by atoms with van der Waals surface area (Å²) in [5.74, 6) is 0.407. The largest absolute Gasteiger partial charge is 0.504 e. The van der Waals surface area contributed by atoms with Gasteiger partial charge in [0, 0.05) is 11.6 Å². The average Bonchev–Trinajstić information content (AvgIpc) is 2.22. The van der Waals surface area contributed by atoms with Crippen LogP contribution >= 0.6 is 0 Å². The number of nitrogens with two attached hydrogens (primary N) is 1. The van der Waals surface area contributed by atoms with Crippen molar-refractivity contribution in [2.45, 2.75) is 19.4 Å². The van der Waals surface area contributed by atoms with Crippen molar-refractivity contribution in [1.29, 1.82) is 0 Å². The van der Waals surface area contributed by atoms with Crippen molar-refractivity contribution in [2.75, 3.05) is 13.3 Å². The summed E-state index contributed by atoms with van der Waals surface area (Å²) in [6, 6.07) is 4.58. The number of phenolic OH excluding ortho intramolecular Hbond substituents is 1. The number of alkyl halides is 1. The van der Waals surface area contributed by atoms with Gasteiger partial charge in [0.1, 0.15) is 0 Å². The zero-order valence-corrected chi connectivity index (χ0v) is 8.74. The highest BCUT2D eigenvalue weighted by atomic mass is 19.1. The molecule has 0 heterocycles. The lowest BCUT2D eigenvalue weighted by molar-refractivity contribution is 0.315. The smallest absolute Gasteiger partial charge is 0.162 e. The molecule has 0 radical (unpaired) electrons. The SMILES string of the molecule is CCOc1cccc([C@H](N)CCF)c1O. The summed E-state index contributed by atoms with van der Waals surface area (Å²) >= 11 is 0. The van der Waals surface area contributed by atoms with Gasteiger partial charge < -0.3 is 15.6 Å². The average molecular weight is 213 g/mol. The summed E-state index contributed by atoms with van der Waals surface area (Å²) in [5, 5.41) is 9.79. The third-order valence-corrected chi connectivity index (χ3v) is 2.15. The van der Waals surface area contributed by atoms with Crippen molar-refractivity contribution < 1.29 is 14.2 Å². The van der Waals surface area contributed by atoms with Crippen LogP contribution in [0.15, 0.2) is 18.2 Å². The van der Waals surface area contributed by atoms with E-state index in [0.717, 1.165) is 0 Å². The minimum atomic E-state index is -0.501. The molecule has 1 aromatic rings. The normalized spacial score (nSPS) is 12.5. The van der Waals surface area contributed by atoms with Crippen LogP contribution in [0.4, 0.5) is 4.39 Å². The molecule has 0 fully saturated rings. The Kier molecular flexibility index (Phi) is 4.37. The number of benzene rings is 1. The molecule has 3 nitrogen and oxygen atoms in total. The molecule has 0 amide bonds. The van der Waals surface area contributed by atoms with Crippen molar-refractivity contribution in [1.82, 2.24) is 0 Å². The van der Waals surface area contributed by atoms with Crippen LogP contribution in [0.25, 0.3) is 0 Å². The monoisotopic (exact) mass is 213 g/mol. The Hall–Kier alpha value is -1.29. The summed E-state index contributed by atoms with van der Waals surface area (Å²) in [6.07, 6.45) is 0.198. The van der Waals surface area contributed by atoms with E-state index in [0.29, 0.717) is 17.9 Å². The fourth-order valence-corrected chi connectivity index (χ4v) is 1.38. The molecule has 3 N–H and O–H groups in total. The van der Waals surface area contributed by atoms with Crippen molar-refractivity contribution >= 4 is 0 Å². The van der Waals surface area contributed by atoms with E-state index in [2.05, 4.69) is 0 Å². The molecule has 0 unspecified atom stereocenters. The van der Waals surface area contributed by atoms with Crippen molar-refractivity contribution in [2.24, 2.45) is 5.73 Å². The summed E-state index contributed by atoms with van der Waals surface area (Å²) < 4.78 is 17.3. The molecule has 0 aliphatic heterocycles. The quantitative estimate of drug-likeness (QED) is 0.788. The van der Waals surface area contributed by atoms with Gasteiger partial charge in [-0.25, -0.2) is 0 Å². The fourth-order valence-electron chi connectivity index (χ4n) is 1.38. The highest BCUT2D eigenvalue weighted by Gasteiger charge is 2.13. The van der Waals surface area contributed by atoms with Crippen molar-refractivity contribution in [3.8, 4) is 11.5 Å². The summed E-state index contributed by atoms with van der Waals surface area (Å²) in [7, 11) is 0. The standard InChI is InChI=1S/C11H16FNO2/c1-2-15-10-5-3-4-8(11(10)14)9(13)6-7-12/h3-5,9,14H,2,6-7,13H2,1H3/t9-/m1/s1. The van der Waals surface area contributed by atoms with E-state index in [4.69, 9.17) is 10.5 Å². The summed E-state index contributed by atoms with van der Waals surface area (Å²) in [6.45, 7) is 1.79. The number of phenols is 1. The Morgan fingerprint density at radius 1 is 1.53 bits per heavy atom. The predicted molar refractivity (Wildman–Crippen MR) is 56.8 cm³/mol. The van der Waals surface area contributed by atoms with Gasteiger partial charge >= 0.3 is 0 Å². The number of aromatic hydroxyl groups is 1. The van der Waals surface area contributed by atoms with Gasteiger partial charge in [0.25, 0.3) is 0 Å². The van der Waals surface area contributed by atoms with E-state index in [1.54, 1.807) is 18.2 Å². The first kappa shape index (κ1) is 11.8. The molecule has 0 aliphatic carbocycles. The van der Waals surface area contributed by atoms with Crippen LogP contribution in [0.5, 0.6) is 11.5 Å². The maximum Gasteiger partial charge on any atom is 0.162 e. The second-order valence-corrected chi connectivity index (χ2v) is 3.21. The molecule has 84 valence electrons. The second-order valence-electron chi connectivity index (χ2n) is 3.21. The van der Waals surface area contributed by atoms with E-state index >= 15 is 0 Å². The third-order valence-electron chi connectivity index (χ3n) is 2.15. The molecule has 1 rings (SSSR count). The van der Waals surface area contributed by atoms with E-state index in [1.807, 2.05) is 6.92 Å². The number of rotatable bonds is 5. The summed E-state index contributed by atoms with van der Waals surface area (Å²) in [5.41, 5.74) is 6.24. The molecule has 0 bridgehead atoms. The maximum atomic E-state index is 12.1. The highest BCUT2D eigenvalue weighted by Crippen LogP contribution is 2.33. The maximum absolute atomic E-state index is 12.1. The highest BCUT2D eigenvalue weighted by molar-refractivity contribution is 5.46. The minimum Gasteiger partial charge on any atom is -0.504 e. The molecule has 15 heavy (non-hydrogen) atoms. The Bertz CT molecular complexity index is 317. The molecule has 0 spiro atoms. The molecule has 0 aliphatic rings. The van der Waals surface area contributed by atoms with E-state index in [-0.39, 0.29) is 12.2 Å². The molecular weight excluding hydrogens is 197 g/mol. The molecule has 1 aromatic carbocycles. The number of hydrogen-bond acceptors (Lipinski definition) is 3. The number of para-hydroxylation sites is 1. The van der Waals surface area contributed by atoms with Gasteiger partial charge in [0.2, 0.25) is 0 Å². The van der Waals surface area contributed by atoms with Gasteiger partial charge in [-0.3, -0.25) is 4.39 Å². The number of ether oxygens (including phenoxy) is 1. The zero-order valence-electron chi connectivity index (χ0n) is 8.74. The third kappa shape index (κ3) is 2.83. The van der Waals surface area contributed by atoms with Gasteiger partial charge in [-0.2, -0.15) is 0 Å². The first-order valence-electron chi connectivity index (χ1n) is 4.97. The van der Waals surface area contributed by atoms with Crippen LogP contribution in [0.1, 0.15) is 24.9 Å². The Morgan fingerprint density at radius 3 is 2.87 bits per heavy atom. The van der Waals surface area contributed by atoms with Crippen molar-refractivity contribution in [3.05, 3.63) is 23.8 Å². The lowest BCUT2D eigenvalue weighted by Gasteiger charge is -2.14. The zero-order chi connectivity index (χ0) is 11.3. The number of hydrogen-bond donors (Lipinski definition) is 2. The lowest BCUT2D eigenvalue weighted by Crippen LogP contribution is -2.11.